The quantitative estimate of drug-likeness (QED) is 0.692. The number of anilines is 1. The summed E-state index contributed by atoms with van der Waals surface area (Å²) in [5.41, 5.74) is 1.58. The summed E-state index contributed by atoms with van der Waals surface area (Å²) in [5.74, 6) is 0.277. The Hall–Kier alpha value is -2.90. The van der Waals surface area contributed by atoms with Crippen LogP contribution in [0.1, 0.15) is 27.6 Å². The van der Waals surface area contributed by atoms with Gasteiger partial charge in [-0.05, 0) is 43.3 Å². The molecule has 0 radical (unpaired) electrons. The highest BCUT2D eigenvalue weighted by Crippen LogP contribution is 2.17. The summed E-state index contributed by atoms with van der Waals surface area (Å²) in [7, 11) is 0. The molecule has 1 aliphatic rings. The maximum Gasteiger partial charge on any atom is 0.255 e. The zero-order chi connectivity index (χ0) is 20.5. The van der Waals surface area contributed by atoms with Gasteiger partial charge in [0.2, 0.25) is 0 Å². The fraction of sp³-hybridized carbons (Fsp3) is 0.364. The molecule has 0 aliphatic carbocycles. The largest absolute Gasteiger partial charge is 0.491 e. The van der Waals surface area contributed by atoms with Gasteiger partial charge in [-0.3, -0.25) is 9.59 Å². The highest BCUT2D eigenvalue weighted by Gasteiger charge is 2.19. The Bertz CT molecular complexity index is 833. The summed E-state index contributed by atoms with van der Waals surface area (Å²) in [5, 5.41) is 2.85. The number of hydrogen-bond acceptors (Lipinski definition) is 5. The molecule has 0 aromatic heterocycles. The number of hydrogen-bond donors (Lipinski definition) is 1. The van der Waals surface area contributed by atoms with Crippen molar-refractivity contribution in [3.63, 3.8) is 0 Å². The lowest BCUT2D eigenvalue weighted by atomic mass is 10.1. The molecule has 7 heteroatoms. The number of carbonyl (C=O) groups excluding carboxylic acids is 2. The SMILES string of the molecule is CCOCCOc1cccc(C(=O)Nc2cccc(C(=O)N3CCOCC3)c2)c1. The maximum atomic E-state index is 12.6. The first-order chi connectivity index (χ1) is 14.2. The minimum Gasteiger partial charge on any atom is -0.491 e. The predicted molar refractivity (Wildman–Crippen MR) is 110 cm³/mol. The fourth-order valence-electron chi connectivity index (χ4n) is 2.97. The summed E-state index contributed by atoms with van der Waals surface area (Å²) in [6.45, 7) is 5.72. The van der Waals surface area contributed by atoms with Gasteiger partial charge in [-0.15, -0.1) is 0 Å². The molecular formula is C22H26N2O5. The van der Waals surface area contributed by atoms with E-state index < -0.39 is 0 Å². The molecule has 0 bridgehead atoms. The van der Waals surface area contributed by atoms with E-state index in [1.54, 1.807) is 53.4 Å². The van der Waals surface area contributed by atoms with Crippen LogP contribution in [0.3, 0.4) is 0 Å². The van der Waals surface area contributed by atoms with E-state index in [-0.39, 0.29) is 11.8 Å². The van der Waals surface area contributed by atoms with E-state index in [0.29, 0.717) is 68.7 Å². The van der Waals surface area contributed by atoms with Crippen molar-refractivity contribution in [3.8, 4) is 5.75 Å². The monoisotopic (exact) mass is 398 g/mol. The molecule has 0 unspecified atom stereocenters. The average molecular weight is 398 g/mol. The molecule has 154 valence electrons. The minimum atomic E-state index is -0.267. The van der Waals surface area contributed by atoms with Crippen molar-refractivity contribution >= 4 is 17.5 Å². The van der Waals surface area contributed by atoms with E-state index in [4.69, 9.17) is 14.2 Å². The number of ether oxygens (including phenoxy) is 3. The molecule has 1 saturated heterocycles. The van der Waals surface area contributed by atoms with Crippen molar-refractivity contribution in [2.45, 2.75) is 6.92 Å². The van der Waals surface area contributed by atoms with Gasteiger partial charge < -0.3 is 24.4 Å². The molecule has 1 N–H and O–H groups in total. The van der Waals surface area contributed by atoms with E-state index in [1.165, 1.54) is 0 Å². The number of morpholine rings is 1. The van der Waals surface area contributed by atoms with Gasteiger partial charge in [-0.25, -0.2) is 0 Å². The lowest BCUT2D eigenvalue weighted by Gasteiger charge is -2.27. The van der Waals surface area contributed by atoms with Crippen LogP contribution in [-0.2, 0) is 9.47 Å². The van der Waals surface area contributed by atoms with Crippen molar-refractivity contribution in [2.24, 2.45) is 0 Å². The molecule has 0 spiro atoms. The molecule has 29 heavy (non-hydrogen) atoms. The predicted octanol–water partition coefficient (Wildman–Crippen LogP) is 2.83. The second-order valence-corrected chi connectivity index (χ2v) is 6.51. The second kappa shape index (κ2) is 10.6. The molecule has 2 aromatic rings. The molecular weight excluding hydrogens is 372 g/mol. The number of nitrogens with one attached hydrogen (secondary N) is 1. The lowest BCUT2D eigenvalue weighted by molar-refractivity contribution is 0.0303. The smallest absolute Gasteiger partial charge is 0.255 e. The Kier molecular flexibility index (Phi) is 7.61. The second-order valence-electron chi connectivity index (χ2n) is 6.51. The zero-order valence-electron chi connectivity index (χ0n) is 16.6. The van der Waals surface area contributed by atoms with Gasteiger partial charge in [0, 0.05) is 36.5 Å². The lowest BCUT2D eigenvalue weighted by Crippen LogP contribution is -2.40. The van der Waals surface area contributed by atoms with Crippen LogP contribution in [0.15, 0.2) is 48.5 Å². The molecule has 7 nitrogen and oxygen atoms in total. The van der Waals surface area contributed by atoms with Gasteiger partial charge in [0.05, 0.1) is 19.8 Å². The van der Waals surface area contributed by atoms with Gasteiger partial charge in [-0.2, -0.15) is 0 Å². The van der Waals surface area contributed by atoms with Crippen molar-refractivity contribution in [3.05, 3.63) is 59.7 Å². The van der Waals surface area contributed by atoms with E-state index in [1.807, 2.05) is 6.92 Å². The third-order valence-electron chi connectivity index (χ3n) is 4.46. The number of benzene rings is 2. The van der Waals surface area contributed by atoms with Gasteiger partial charge in [0.25, 0.3) is 11.8 Å². The fourth-order valence-corrected chi connectivity index (χ4v) is 2.97. The Morgan fingerprint density at radius 2 is 1.79 bits per heavy atom. The van der Waals surface area contributed by atoms with Gasteiger partial charge in [0.1, 0.15) is 12.4 Å². The molecule has 2 amide bonds. The van der Waals surface area contributed by atoms with Gasteiger partial charge >= 0.3 is 0 Å². The summed E-state index contributed by atoms with van der Waals surface area (Å²) < 4.78 is 16.1. The number of rotatable bonds is 8. The molecule has 1 fully saturated rings. The van der Waals surface area contributed by atoms with E-state index in [2.05, 4.69) is 5.32 Å². The first kappa shape index (κ1) is 20.8. The van der Waals surface area contributed by atoms with Crippen LogP contribution < -0.4 is 10.1 Å². The zero-order valence-corrected chi connectivity index (χ0v) is 16.6. The Balaban J connectivity index is 1.62. The van der Waals surface area contributed by atoms with Crippen LogP contribution >= 0.6 is 0 Å². The molecule has 1 heterocycles. The first-order valence-electron chi connectivity index (χ1n) is 9.76. The normalized spacial score (nSPS) is 13.8. The standard InChI is InChI=1S/C22H26N2O5/c1-2-27-13-14-29-20-8-4-5-17(16-20)21(25)23-19-7-3-6-18(15-19)22(26)24-9-11-28-12-10-24/h3-8,15-16H,2,9-14H2,1H3,(H,23,25). The summed E-state index contributed by atoms with van der Waals surface area (Å²) >= 11 is 0. The summed E-state index contributed by atoms with van der Waals surface area (Å²) in [6.07, 6.45) is 0. The molecule has 1 aliphatic heterocycles. The van der Waals surface area contributed by atoms with Gasteiger partial charge in [-0.1, -0.05) is 12.1 Å². The first-order valence-corrected chi connectivity index (χ1v) is 9.76. The van der Waals surface area contributed by atoms with E-state index >= 15 is 0 Å². The van der Waals surface area contributed by atoms with Crippen LogP contribution in [0, 0.1) is 0 Å². The third-order valence-corrected chi connectivity index (χ3v) is 4.46. The summed E-state index contributed by atoms with van der Waals surface area (Å²) in [4.78, 5) is 27.0. The topological polar surface area (TPSA) is 77.1 Å². The van der Waals surface area contributed by atoms with Crippen LogP contribution in [0.5, 0.6) is 5.75 Å². The highest BCUT2D eigenvalue weighted by atomic mass is 16.5. The van der Waals surface area contributed by atoms with Crippen LogP contribution in [0.25, 0.3) is 0 Å². The Morgan fingerprint density at radius 1 is 1.03 bits per heavy atom. The molecule has 3 rings (SSSR count). The van der Waals surface area contributed by atoms with Crippen molar-refractivity contribution in [1.29, 1.82) is 0 Å². The van der Waals surface area contributed by atoms with Crippen molar-refractivity contribution < 1.29 is 23.8 Å². The Labute approximate surface area is 170 Å². The molecule has 0 atom stereocenters. The van der Waals surface area contributed by atoms with E-state index in [9.17, 15) is 9.59 Å². The Morgan fingerprint density at radius 3 is 2.59 bits per heavy atom. The summed E-state index contributed by atoms with van der Waals surface area (Å²) in [6, 6.07) is 13.9. The highest BCUT2D eigenvalue weighted by molar-refractivity contribution is 6.05. The van der Waals surface area contributed by atoms with E-state index in [0.717, 1.165) is 0 Å². The maximum absolute atomic E-state index is 12.6. The number of nitrogens with zero attached hydrogens (tertiary/aromatic N) is 1. The average Bonchev–Trinajstić information content (AvgIpc) is 2.77. The number of carbonyl (C=O) groups is 2. The third kappa shape index (κ3) is 6.04. The minimum absolute atomic E-state index is 0.0610. The van der Waals surface area contributed by atoms with Crippen LogP contribution in [0.2, 0.25) is 0 Å². The van der Waals surface area contributed by atoms with Crippen LogP contribution in [-0.4, -0.2) is 62.8 Å². The van der Waals surface area contributed by atoms with Gasteiger partial charge in [0.15, 0.2) is 0 Å². The van der Waals surface area contributed by atoms with Crippen molar-refractivity contribution in [1.82, 2.24) is 4.90 Å². The van der Waals surface area contributed by atoms with Crippen LogP contribution in [0.4, 0.5) is 5.69 Å². The number of amides is 2. The van der Waals surface area contributed by atoms with Crippen molar-refractivity contribution in [2.75, 3.05) is 51.4 Å². The molecule has 0 saturated carbocycles. The molecule has 2 aromatic carbocycles.